The van der Waals surface area contributed by atoms with E-state index in [9.17, 15) is 4.79 Å². The number of hydrogen-bond donors (Lipinski definition) is 1. The smallest absolute Gasteiger partial charge is 0.328 e. The van der Waals surface area contributed by atoms with Gasteiger partial charge in [-0.05, 0) is 18.4 Å². The lowest BCUT2D eigenvalue weighted by Crippen LogP contribution is -2.19. The Morgan fingerprint density at radius 2 is 1.81 bits per heavy atom. The SMILES string of the molecule is O=C(O)C=CC1(c2ccccc2)CCCC1. The summed E-state index contributed by atoms with van der Waals surface area (Å²) in [4.78, 5) is 10.6. The maximum atomic E-state index is 10.6. The minimum atomic E-state index is -0.859. The summed E-state index contributed by atoms with van der Waals surface area (Å²) in [6.45, 7) is 0. The van der Waals surface area contributed by atoms with Gasteiger partial charge in [0, 0.05) is 11.5 Å². The van der Waals surface area contributed by atoms with Gasteiger partial charge in [0.25, 0.3) is 0 Å². The van der Waals surface area contributed by atoms with Crippen LogP contribution in [0.25, 0.3) is 0 Å². The number of carboxylic acids is 1. The summed E-state index contributed by atoms with van der Waals surface area (Å²) in [6, 6.07) is 10.2. The van der Waals surface area contributed by atoms with Gasteiger partial charge in [-0.15, -0.1) is 0 Å². The van der Waals surface area contributed by atoms with E-state index in [1.807, 2.05) is 24.3 Å². The van der Waals surface area contributed by atoms with E-state index in [1.165, 1.54) is 24.5 Å². The molecule has 1 aromatic rings. The molecule has 0 heterocycles. The van der Waals surface area contributed by atoms with Gasteiger partial charge in [0.15, 0.2) is 0 Å². The number of carbonyl (C=O) groups is 1. The quantitative estimate of drug-likeness (QED) is 0.788. The molecule has 2 nitrogen and oxygen atoms in total. The van der Waals surface area contributed by atoms with Crippen LogP contribution in [0.5, 0.6) is 0 Å². The molecule has 0 amide bonds. The van der Waals surface area contributed by atoms with E-state index >= 15 is 0 Å². The summed E-state index contributed by atoms with van der Waals surface area (Å²) in [5.74, 6) is -0.859. The second-order valence-corrected chi connectivity index (χ2v) is 4.40. The van der Waals surface area contributed by atoms with Crippen LogP contribution >= 0.6 is 0 Å². The number of benzene rings is 1. The fraction of sp³-hybridized carbons (Fsp3) is 0.357. The Hall–Kier alpha value is -1.57. The molecule has 0 radical (unpaired) electrons. The maximum absolute atomic E-state index is 10.6. The van der Waals surface area contributed by atoms with Gasteiger partial charge >= 0.3 is 5.97 Å². The molecule has 2 heteroatoms. The molecule has 1 fully saturated rings. The number of carboxylic acid groups (broad SMARTS) is 1. The van der Waals surface area contributed by atoms with Crippen LogP contribution < -0.4 is 0 Å². The highest BCUT2D eigenvalue weighted by atomic mass is 16.4. The molecule has 1 aliphatic rings. The van der Waals surface area contributed by atoms with Gasteiger partial charge in [-0.25, -0.2) is 4.79 Å². The summed E-state index contributed by atoms with van der Waals surface area (Å²) < 4.78 is 0. The van der Waals surface area contributed by atoms with Crippen LogP contribution in [0.3, 0.4) is 0 Å². The number of allylic oxidation sites excluding steroid dienone is 1. The van der Waals surface area contributed by atoms with E-state index in [0.717, 1.165) is 12.8 Å². The topological polar surface area (TPSA) is 37.3 Å². The highest BCUT2D eigenvalue weighted by Crippen LogP contribution is 2.42. The normalized spacial score (nSPS) is 19.0. The maximum Gasteiger partial charge on any atom is 0.328 e. The Labute approximate surface area is 95.6 Å². The summed E-state index contributed by atoms with van der Waals surface area (Å²) in [5.41, 5.74) is 1.20. The van der Waals surface area contributed by atoms with Gasteiger partial charge in [0.2, 0.25) is 0 Å². The minimum Gasteiger partial charge on any atom is -0.478 e. The van der Waals surface area contributed by atoms with Gasteiger partial charge in [0.05, 0.1) is 0 Å². The average Bonchev–Trinajstić information content (AvgIpc) is 2.78. The summed E-state index contributed by atoms with van der Waals surface area (Å²) in [6.07, 6.45) is 7.63. The van der Waals surface area contributed by atoms with Crippen molar-refractivity contribution in [1.82, 2.24) is 0 Å². The molecule has 0 aliphatic heterocycles. The van der Waals surface area contributed by atoms with Crippen LogP contribution in [0.15, 0.2) is 42.5 Å². The van der Waals surface area contributed by atoms with Crippen molar-refractivity contribution in [3.05, 3.63) is 48.0 Å². The molecule has 84 valence electrons. The van der Waals surface area contributed by atoms with Gasteiger partial charge in [0.1, 0.15) is 0 Å². The summed E-state index contributed by atoms with van der Waals surface area (Å²) in [7, 11) is 0. The second-order valence-electron chi connectivity index (χ2n) is 4.40. The molecule has 0 aromatic heterocycles. The minimum absolute atomic E-state index is 0.0420. The largest absolute Gasteiger partial charge is 0.478 e. The Morgan fingerprint density at radius 3 is 2.38 bits per heavy atom. The molecule has 0 spiro atoms. The first-order chi connectivity index (χ1) is 7.73. The molecule has 1 N–H and O–H groups in total. The predicted octanol–water partition coefficient (Wildman–Crippen LogP) is 3.14. The van der Waals surface area contributed by atoms with Gasteiger partial charge in [-0.1, -0.05) is 49.2 Å². The molecule has 0 saturated heterocycles. The van der Waals surface area contributed by atoms with Crippen molar-refractivity contribution < 1.29 is 9.90 Å². The van der Waals surface area contributed by atoms with Gasteiger partial charge in [-0.2, -0.15) is 0 Å². The Balaban J connectivity index is 2.33. The Bertz CT molecular complexity index is 386. The first-order valence-electron chi connectivity index (χ1n) is 5.71. The monoisotopic (exact) mass is 216 g/mol. The lowest BCUT2D eigenvalue weighted by atomic mass is 9.78. The first kappa shape index (κ1) is 10.9. The third-order valence-corrected chi connectivity index (χ3v) is 3.39. The van der Waals surface area contributed by atoms with E-state index in [-0.39, 0.29) is 5.41 Å². The van der Waals surface area contributed by atoms with E-state index < -0.39 is 5.97 Å². The Kier molecular flexibility index (Phi) is 3.09. The van der Waals surface area contributed by atoms with Crippen molar-refractivity contribution in [2.45, 2.75) is 31.1 Å². The average molecular weight is 216 g/mol. The van der Waals surface area contributed by atoms with Crippen molar-refractivity contribution in [2.75, 3.05) is 0 Å². The van der Waals surface area contributed by atoms with Crippen LogP contribution in [0, 0.1) is 0 Å². The van der Waals surface area contributed by atoms with Crippen molar-refractivity contribution in [2.24, 2.45) is 0 Å². The molecule has 16 heavy (non-hydrogen) atoms. The zero-order chi connectivity index (χ0) is 11.4. The lowest BCUT2D eigenvalue weighted by Gasteiger charge is -2.25. The van der Waals surface area contributed by atoms with E-state index in [4.69, 9.17) is 5.11 Å². The van der Waals surface area contributed by atoms with Crippen molar-refractivity contribution in [1.29, 1.82) is 0 Å². The molecule has 1 saturated carbocycles. The van der Waals surface area contributed by atoms with Crippen LogP contribution in [0.4, 0.5) is 0 Å². The number of hydrogen-bond acceptors (Lipinski definition) is 1. The third kappa shape index (κ3) is 2.16. The fourth-order valence-electron chi connectivity index (χ4n) is 2.56. The molecular formula is C14H16O2. The molecule has 1 aromatic carbocycles. The van der Waals surface area contributed by atoms with E-state index in [2.05, 4.69) is 12.1 Å². The number of aliphatic carboxylic acids is 1. The zero-order valence-corrected chi connectivity index (χ0v) is 9.23. The second kappa shape index (κ2) is 4.52. The van der Waals surface area contributed by atoms with Gasteiger partial charge < -0.3 is 5.11 Å². The molecule has 1 aliphatic carbocycles. The predicted molar refractivity (Wildman–Crippen MR) is 63.4 cm³/mol. The van der Waals surface area contributed by atoms with Crippen LogP contribution in [0.1, 0.15) is 31.2 Å². The standard InChI is InChI=1S/C14H16O2/c15-13(16)8-11-14(9-4-5-10-14)12-6-2-1-3-7-12/h1-3,6-8,11H,4-5,9-10H2,(H,15,16). The van der Waals surface area contributed by atoms with Gasteiger partial charge in [-0.3, -0.25) is 0 Å². The molecule has 0 bridgehead atoms. The third-order valence-electron chi connectivity index (χ3n) is 3.39. The van der Waals surface area contributed by atoms with Crippen molar-refractivity contribution in [3.63, 3.8) is 0 Å². The number of rotatable bonds is 3. The van der Waals surface area contributed by atoms with Crippen molar-refractivity contribution in [3.8, 4) is 0 Å². The lowest BCUT2D eigenvalue weighted by molar-refractivity contribution is -0.131. The van der Waals surface area contributed by atoms with Crippen LogP contribution in [-0.2, 0) is 10.2 Å². The van der Waals surface area contributed by atoms with Crippen LogP contribution in [0.2, 0.25) is 0 Å². The molecule has 2 rings (SSSR count). The first-order valence-corrected chi connectivity index (χ1v) is 5.71. The van der Waals surface area contributed by atoms with Crippen molar-refractivity contribution >= 4 is 5.97 Å². The zero-order valence-electron chi connectivity index (χ0n) is 9.23. The summed E-state index contributed by atoms with van der Waals surface area (Å²) >= 11 is 0. The highest BCUT2D eigenvalue weighted by molar-refractivity contribution is 5.80. The molecule has 0 unspecified atom stereocenters. The summed E-state index contributed by atoms with van der Waals surface area (Å²) in [5, 5.41) is 8.75. The van der Waals surface area contributed by atoms with E-state index in [1.54, 1.807) is 0 Å². The highest BCUT2D eigenvalue weighted by Gasteiger charge is 2.32. The molecule has 0 atom stereocenters. The Morgan fingerprint density at radius 1 is 1.19 bits per heavy atom. The van der Waals surface area contributed by atoms with E-state index in [0.29, 0.717) is 0 Å². The van der Waals surface area contributed by atoms with Crippen LogP contribution in [-0.4, -0.2) is 11.1 Å². The fourth-order valence-corrected chi connectivity index (χ4v) is 2.56. The molecular weight excluding hydrogens is 200 g/mol.